The molecule has 6 heteroatoms. The molecule has 31 heavy (non-hydrogen) atoms. The van der Waals surface area contributed by atoms with Crippen LogP contribution in [0, 0.1) is 18.3 Å². The quantitative estimate of drug-likeness (QED) is 0.613. The molecule has 0 aromatic heterocycles. The molecule has 2 N–H and O–H groups in total. The van der Waals surface area contributed by atoms with E-state index in [9.17, 15) is 18.3 Å². The largest absolute Gasteiger partial charge is 0.396 e. The van der Waals surface area contributed by atoms with Crippen molar-refractivity contribution < 1.29 is 18.3 Å². The van der Waals surface area contributed by atoms with Crippen molar-refractivity contribution in [1.29, 1.82) is 0 Å². The van der Waals surface area contributed by atoms with Crippen LogP contribution in [0.25, 0.3) is 0 Å². The highest BCUT2D eigenvalue weighted by Gasteiger charge is 2.40. The number of aliphatic hydroxyl groups excluding tert-OH is 1. The van der Waals surface area contributed by atoms with E-state index >= 15 is 0 Å². The van der Waals surface area contributed by atoms with Crippen molar-refractivity contribution in [2.75, 3.05) is 6.61 Å². The van der Waals surface area contributed by atoms with Gasteiger partial charge >= 0.3 is 0 Å². The van der Waals surface area contributed by atoms with E-state index in [1.165, 1.54) is 0 Å². The number of nitrogens with one attached hydrogen (secondary N) is 1. The second-order valence-electron chi connectivity index (χ2n) is 9.33. The van der Waals surface area contributed by atoms with Gasteiger partial charge in [0.2, 0.25) is 5.91 Å². The lowest BCUT2D eigenvalue weighted by molar-refractivity contribution is -0.129. The molecule has 5 nitrogen and oxygen atoms in total. The lowest BCUT2D eigenvalue weighted by atomic mass is 9.90. The summed E-state index contributed by atoms with van der Waals surface area (Å²) < 4.78 is 27.6. The smallest absolute Gasteiger partial charge is 0.225 e. The third-order valence-corrected chi connectivity index (χ3v) is 7.94. The van der Waals surface area contributed by atoms with Gasteiger partial charge in [-0.15, -0.1) is 0 Å². The van der Waals surface area contributed by atoms with Crippen LogP contribution in [0.5, 0.6) is 0 Å². The Morgan fingerprint density at radius 3 is 2.13 bits per heavy atom. The van der Waals surface area contributed by atoms with E-state index in [0.717, 1.165) is 11.1 Å². The number of hydrogen-bond donors (Lipinski definition) is 2. The number of benzene rings is 2. The van der Waals surface area contributed by atoms with Crippen molar-refractivity contribution in [3.63, 3.8) is 0 Å². The second kappa shape index (κ2) is 10.4. The fraction of sp³-hybridized carbons (Fsp3) is 0.480. The average Bonchev–Trinajstić information content (AvgIpc) is 2.68. The summed E-state index contributed by atoms with van der Waals surface area (Å²) in [4.78, 5) is 13.0. The van der Waals surface area contributed by atoms with E-state index < -0.39 is 26.5 Å². The first-order chi connectivity index (χ1) is 14.5. The molecule has 170 valence electrons. The van der Waals surface area contributed by atoms with Crippen LogP contribution in [-0.4, -0.2) is 37.3 Å². The van der Waals surface area contributed by atoms with Gasteiger partial charge < -0.3 is 10.4 Å². The summed E-state index contributed by atoms with van der Waals surface area (Å²) >= 11 is 0. The summed E-state index contributed by atoms with van der Waals surface area (Å²) in [6.07, 6.45) is 0.709. The number of carbonyl (C=O) groups is 1. The average molecular weight is 446 g/mol. The summed E-state index contributed by atoms with van der Waals surface area (Å²) in [5.74, 6) is -0.521. The third kappa shape index (κ3) is 6.65. The molecule has 0 heterocycles. The fourth-order valence-corrected chi connectivity index (χ4v) is 5.92. The lowest BCUT2D eigenvalue weighted by Crippen LogP contribution is -2.53. The maximum atomic E-state index is 13.8. The van der Waals surface area contributed by atoms with Gasteiger partial charge in [0.25, 0.3) is 0 Å². The van der Waals surface area contributed by atoms with Crippen molar-refractivity contribution >= 4 is 15.7 Å². The molecule has 3 atom stereocenters. The topological polar surface area (TPSA) is 83.5 Å². The number of sulfone groups is 1. The molecule has 0 saturated heterocycles. The Kier molecular flexibility index (Phi) is 8.43. The zero-order valence-electron chi connectivity index (χ0n) is 19.1. The number of hydrogen-bond acceptors (Lipinski definition) is 4. The number of amides is 1. The van der Waals surface area contributed by atoms with Gasteiger partial charge in [-0.25, -0.2) is 8.42 Å². The minimum Gasteiger partial charge on any atom is -0.396 e. The molecular weight excluding hydrogens is 410 g/mol. The van der Waals surface area contributed by atoms with Gasteiger partial charge in [-0.05, 0) is 43.4 Å². The Labute approximate surface area is 186 Å². The maximum absolute atomic E-state index is 13.8. The van der Waals surface area contributed by atoms with Gasteiger partial charge in [0, 0.05) is 18.1 Å². The summed E-state index contributed by atoms with van der Waals surface area (Å²) in [6, 6.07) is 15.8. The van der Waals surface area contributed by atoms with Gasteiger partial charge in [-0.1, -0.05) is 75.7 Å². The molecule has 0 aliphatic rings. The molecule has 2 aromatic carbocycles. The predicted molar refractivity (Wildman–Crippen MR) is 125 cm³/mol. The van der Waals surface area contributed by atoms with E-state index in [0.29, 0.717) is 6.42 Å². The van der Waals surface area contributed by atoms with E-state index in [-0.39, 0.29) is 29.7 Å². The second-order valence-corrected chi connectivity index (χ2v) is 11.4. The van der Waals surface area contributed by atoms with Crippen LogP contribution in [-0.2, 0) is 21.1 Å². The Morgan fingerprint density at radius 2 is 1.61 bits per heavy atom. The van der Waals surface area contributed by atoms with Crippen molar-refractivity contribution in [3.8, 4) is 0 Å². The molecule has 0 saturated carbocycles. The van der Waals surface area contributed by atoms with Crippen molar-refractivity contribution in [3.05, 3.63) is 65.7 Å². The van der Waals surface area contributed by atoms with Crippen molar-refractivity contribution in [2.24, 2.45) is 11.3 Å². The summed E-state index contributed by atoms with van der Waals surface area (Å²) in [6.45, 7) is 8.95. The van der Waals surface area contributed by atoms with Gasteiger partial charge in [0.15, 0.2) is 9.84 Å². The van der Waals surface area contributed by atoms with Crippen LogP contribution >= 0.6 is 0 Å². The molecule has 0 aliphatic carbocycles. The maximum Gasteiger partial charge on any atom is 0.225 e. The Bertz CT molecular complexity index is 947. The number of aliphatic hydroxyl groups is 1. The van der Waals surface area contributed by atoms with Gasteiger partial charge in [-0.3, -0.25) is 4.79 Å². The zero-order valence-corrected chi connectivity index (χ0v) is 19.9. The first kappa shape index (κ1) is 25.1. The van der Waals surface area contributed by atoms with Crippen LogP contribution in [0.2, 0.25) is 0 Å². The van der Waals surface area contributed by atoms with Gasteiger partial charge in [0.1, 0.15) is 0 Å². The highest BCUT2D eigenvalue weighted by Crippen LogP contribution is 2.29. The fourth-order valence-electron chi connectivity index (χ4n) is 3.75. The molecule has 0 aliphatic heterocycles. The molecular formula is C25H35NO4S. The van der Waals surface area contributed by atoms with E-state index in [1.807, 2.05) is 44.2 Å². The molecule has 1 amide bonds. The highest BCUT2D eigenvalue weighted by atomic mass is 32.2. The summed E-state index contributed by atoms with van der Waals surface area (Å²) in [7, 11) is -3.78. The number of rotatable bonds is 9. The van der Waals surface area contributed by atoms with Crippen molar-refractivity contribution in [2.45, 2.75) is 63.6 Å². The first-order valence-electron chi connectivity index (χ1n) is 10.7. The summed E-state index contributed by atoms with van der Waals surface area (Å²) in [5.41, 5.74) is 1.33. The zero-order chi connectivity index (χ0) is 23.2. The molecule has 0 fully saturated rings. The van der Waals surface area contributed by atoms with Crippen LogP contribution < -0.4 is 5.32 Å². The molecule has 3 unspecified atom stereocenters. The molecule has 0 bridgehead atoms. The Balaban J connectivity index is 2.50. The third-order valence-electron chi connectivity index (χ3n) is 5.50. The predicted octanol–water partition coefficient (Wildman–Crippen LogP) is 3.93. The Hall–Kier alpha value is -2.18. The Morgan fingerprint density at radius 1 is 1.03 bits per heavy atom. The molecule has 0 spiro atoms. The van der Waals surface area contributed by atoms with Gasteiger partial charge in [0.05, 0.1) is 10.1 Å². The number of carbonyl (C=O) groups excluding carboxylic acids is 1. The molecule has 2 rings (SSSR count). The SMILES string of the molecule is Cc1ccc(S(=O)(=O)C(C(C)Cc2ccccc2)C(CCO)NC(=O)C(C)(C)C)cc1. The molecule has 0 radical (unpaired) electrons. The van der Waals surface area contributed by atoms with Crippen LogP contribution in [0.1, 0.15) is 45.2 Å². The normalized spacial score (nSPS) is 15.2. The minimum absolute atomic E-state index is 0.163. The first-order valence-corrected chi connectivity index (χ1v) is 12.3. The van der Waals surface area contributed by atoms with Crippen LogP contribution in [0.15, 0.2) is 59.5 Å². The highest BCUT2D eigenvalue weighted by molar-refractivity contribution is 7.92. The van der Waals surface area contributed by atoms with Crippen LogP contribution in [0.3, 0.4) is 0 Å². The number of aryl methyl sites for hydroxylation is 1. The van der Waals surface area contributed by atoms with Crippen LogP contribution in [0.4, 0.5) is 0 Å². The van der Waals surface area contributed by atoms with Crippen molar-refractivity contribution in [1.82, 2.24) is 5.32 Å². The van der Waals surface area contributed by atoms with E-state index in [2.05, 4.69) is 5.32 Å². The summed E-state index contributed by atoms with van der Waals surface area (Å²) in [5, 5.41) is 11.8. The van der Waals surface area contributed by atoms with E-state index in [4.69, 9.17) is 0 Å². The standard InChI is InChI=1S/C25H35NO4S/c1-18-11-13-21(14-12-18)31(29,30)23(19(2)17-20-9-7-6-8-10-20)22(15-16-27)26-24(28)25(3,4)5/h6-14,19,22-23,27H,15-17H2,1-5H3,(H,26,28). The van der Waals surface area contributed by atoms with E-state index in [1.54, 1.807) is 45.0 Å². The molecule has 2 aromatic rings. The minimum atomic E-state index is -3.78. The lowest BCUT2D eigenvalue weighted by Gasteiger charge is -2.34. The monoisotopic (exact) mass is 445 g/mol. The van der Waals surface area contributed by atoms with Gasteiger partial charge in [-0.2, -0.15) is 0 Å².